The molecule has 1 radical (unpaired) electrons. The minimum absolute atomic E-state index is 0. The average molecular weight is 562 g/mol. The first kappa shape index (κ1) is 26.9. The molecule has 4 aromatic carbocycles. The summed E-state index contributed by atoms with van der Waals surface area (Å²) in [6.07, 6.45) is 5.89. The van der Waals surface area contributed by atoms with Crippen LogP contribution < -0.4 is 24.8 Å². The third-order valence-corrected chi connectivity index (χ3v) is 7.17. The van der Waals surface area contributed by atoms with Crippen LogP contribution in [-0.4, -0.2) is 0 Å². The van der Waals surface area contributed by atoms with Gasteiger partial charge in [-0.25, -0.2) is 0 Å². The van der Waals surface area contributed by atoms with Gasteiger partial charge in [0.1, 0.15) is 0 Å². The van der Waals surface area contributed by atoms with Gasteiger partial charge in [-0.3, -0.25) is 0 Å². The molecule has 3 heteroatoms. The Morgan fingerprint density at radius 3 is 2.35 bits per heavy atom. The maximum Gasteiger partial charge on any atom is 3.00 e. The number of hydrogen-bond donors (Lipinski definition) is 0. The molecule has 1 unspecified atom stereocenters. The third-order valence-electron chi connectivity index (χ3n) is 7.17. The van der Waals surface area contributed by atoms with E-state index in [2.05, 4.69) is 107 Å². The summed E-state index contributed by atoms with van der Waals surface area (Å²) in [6, 6.07) is 25.9. The van der Waals surface area contributed by atoms with Gasteiger partial charge < -0.3 is 24.8 Å². The molecular formula is C31H27Cl2Zr. The first-order valence-electron chi connectivity index (χ1n) is 11.3. The van der Waals surface area contributed by atoms with E-state index in [4.69, 9.17) is 0 Å². The number of halogens is 2. The van der Waals surface area contributed by atoms with Crippen molar-refractivity contribution in [3.05, 3.63) is 107 Å². The maximum absolute atomic E-state index is 3.61. The molecule has 34 heavy (non-hydrogen) atoms. The van der Waals surface area contributed by atoms with Crippen molar-refractivity contribution in [2.75, 3.05) is 0 Å². The van der Waals surface area contributed by atoms with Gasteiger partial charge in [0.2, 0.25) is 0 Å². The van der Waals surface area contributed by atoms with Crippen LogP contribution in [0.2, 0.25) is 0 Å². The SMILES string of the molecule is CC1=CC(C(C)(C)C)=CC1c1cccc2c3c(c4[c-]cccc4c12)Cc1ccccc1-3.[Cl-].[Cl-].[Zr+3]. The third kappa shape index (κ3) is 4.05. The molecule has 0 aliphatic heterocycles. The summed E-state index contributed by atoms with van der Waals surface area (Å²) in [5, 5.41) is 5.40. The predicted octanol–water partition coefficient (Wildman–Crippen LogP) is 2.39. The summed E-state index contributed by atoms with van der Waals surface area (Å²) in [5.41, 5.74) is 10.1. The summed E-state index contributed by atoms with van der Waals surface area (Å²) in [4.78, 5) is 0. The Bertz CT molecular complexity index is 1450. The second-order valence-electron chi connectivity index (χ2n) is 10.2. The van der Waals surface area contributed by atoms with Crippen LogP contribution in [-0.2, 0) is 32.6 Å². The molecule has 1 atom stereocenters. The van der Waals surface area contributed by atoms with Crippen molar-refractivity contribution >= 4 is 21.5 Å². The van der Waals surface area contributed by atoms with Gasteiger partial charge in [-0.1, -0.05) is 81.0 Å². The van der Waals surface area contributed by atoms with E-state index < -0.39 is 0 Å². The molecule has 2 aliphatic rings. The zero-order valence-electron chi connectivity index (χ0n) is 20.0. The zero-order chi connectivity index (χ0) is 21.3. The van der Waals surface area contributed by atoms with Gasteiger partial charge in [0.05, 0.1) is 0 Å². The molecule has 0 nitrogen and oxygen atoms in total. The first-order valence-corrected chi connectivity index (χ1v) is 11.3. The van der Waals surface area contributed by atoms with Crippen molar-refractivity contribution in [3.63, 3.8) is 0 Å². The van der Waals surface area contributed by atoms with Crippen molar-refractivity contribution in [2.45, 2.75) is 40.0 Å². The summed E-state index contributed by atoms with van der Waals surface area (Å²) >= 11 is 0. The van der Waals surface area contributed by atoms with Gasteiger partial charge in [0, 0.05) is 5.92 Å². The van der Waals surface area contributed by atoms with Crippen LogP contribution in [0.15, 0.2) is 84.0 Å². The Labute approximate surface area is 234 Å². The fourth-order valence-electron chi connectivity index (χ4n) is 5.61. The van der Waals surface area contributed by atoms with Crippen LogP contribution in [0.3, 0.4) is 0 Å². The van der Waals surface area contributed by atoms with E-state index in [-0.39, 0.29) is 56.4 Å². The number of hydrogen-bond acceptors (Lipinski definition) is 0. The zero-order valence-corrected chi connectivity index (χ0v) is 23.9. The minimum atomic E-state index is 0. The van der Waals surface area contributed by atoms with E-state index in [9.17, 15) is 0 Å². The van der Waals surface area contributed by atoms with Gasteiger partial charge in [-0.05, 0) is 57.4 Å². The fraction of sp³-hybridized carbons (Fsp3) is 0.226. The molecule has 169 valence electrons. The molecule has 0 saturated carbocycles. The van der Waals surface area contributed by atoms with Crippen molar-refractivity contribution in [1.29, 1.82) is 0 Å². The Balaban J connectivity index is 0.00000108. The molecule has 0 N–H and O–H groups in total. The number of allylic oxidation sites excluding steroid dienone is 4. The van der Waals surface area contributed by atoms with Gasteiger partial charge in [0.25, 0.3) is 0 Å². The standard InChI is InChI=1S/C31H27.2ClH.Zr/c1-19-16-21(31(2,3)4)18-27(19)25-14-9-15-26-29-22-11-6-5-10-20(22)17-28(29)23-12-7-8-13-24(23)30(25)26;;;/h5-11,13-16,18,27H,17H2,1-4H3;2*1H;/q-1;;;+3/p-2. The van der Waals surface area contributed by atoms with Crippen LogP contribution in [0.4, 0.5) is 0 Å². The van der Waals surface area contributed by atoms with E-state index in [0.717, 1.165) is 6.42 Å². The summed E-state index contributed by atoms with van der Waals surface area (Å²) in [6.45, 7) is 9.21. The number of fused-ring (bicyclic) bond motifs is 8. The molecule has 0 fully saturated rings. The summed E-state index contributed by atoms with van der Waals surface area (Å²) in [7, 11) is 0. The molecule has 4 aromatic rings. The molecule has 0 aromatic heterocycles. The maximum atomic E-state index is 3.61. The van der Waals surface area contributed by atoms with Gasteiger partial charge in [-0.2, -0.15) is 0 Å². The number of rotatable bonds is 1. The van der Waals surface area contributed by atoms with Crippen LogP contribution in [0.1, 0.15) is 50.3 Å². The summed E-state index contributed by atoms with van der Waals surface area (Å²) < 4.78 is 0. The van der Waals surface area contributed by atoms with Crippen LogP contribution in [0, 0.1) is 11.5 Å². The summed E-state index contributed by atoms with van der Waals surface area (Å²) in [5.74, 6) is 0.330. The van der Waals surface area contributed by atoms with E-state index in [1.54, 1.807) is 0 Å². The van der Waals surface area contributed by atoms with Crippen LogP contribution in [0.25, 0.3) is 32.7 Å². The van der Waals surface area contributed by atoms with Gasteiger partial charge in [0.15, 0.2) is 0 Å². The number of benzene rings is 4. The normalized spacial score (nSPS) is 16.1. The van der Waals surface area contributed by atoms with E-state index in [1.165, 1.54) is 60.5 Å². The molecule has 0 heterocycles. The van der Waals surface area contributed by atoms with Crippen molar-refractivity contribution in [3.8, 4) is 11.1 Å². The van der Waals surface area contributed by atoms with Crippen molar-refractivity contribution < 1.29 is 51.0 Å². The second-order valence-corrected chi connectivity index (χ2v) is 10.2. The Morgan fingerprint density at radius 1 is 0.882 bits per heavy atom. The van der Waals surface area contributed by atoms with Gasteiger partial charge in [-0.15, -0.1) is 40.6 Å². The van der Waals surface area contributed by atoms with E-state index in [0.29, 0.717) is 5.92 Å². The smallest absolute Gasteiger partial charge is 1.00 e. The molecule has 0 amide bonds. The Morgan fingerprint density at radius 2 is 1.62 bits per heavy atom. The Kier molecular flexibility index (Phi) is 7.74. The molecule has 0 spiro atoms. The topological polar surface area (TPSA) is 0 Å². The van der Waals surface area contributed by atoms with Crippen LogP contribution >= 0.6 is 0 Å². The van der Waals surface area contributed by atoms with Crippen molar-refractivity contribution in [2.24, 2.45) is 5.41 Å². The Hall–Kier alpha value is -1.66. The molecule has 0 saturated heterocycles. The molecule has 0 bridgehead atoms. The average Bonchev–Trinajstić information content (AvgIpc) is 3.34. The van der Waals surface area contributed by atoms with Crippen LogP contribution in [0.5, 0.6) is 0 Å². The second kappa shape index (κ2) is 9.77. The molecule has 2 aliphatic carbocycles. The fourth-order valence-corrected chi connectivity index (χ4v) is 5.61. The van der Waals surface area contributed by atoms with Gasteiger partial charge >= 0.3 is 26.2 Å². The minimum Gasteiger partial charge on any atom is -1.00 e. The molecule has 6 rings (SSSR count). The van der Waals surface area contributed by atoms with E-state index in [1.807, 2.05) is 0 Å². The largest absolute Gasteiger partial charge is 3.00 e. The van der Waals surface area contributed by atoms with E-state index >= 15 is 0 Å². The monoisotopic (exact) mass is 559 g/mol. The first-order chi connectivity index (χ1) is 14.9. The molecular weight excluding hydrogens is 534 g/mol. The quantitative estimate of drug-likeness (QED) is 0.218. The predicted molar refractivity (Wildman–Crippen MR) is 133 cm³/mol. The van der Waals surface area contributed by atoms with Crippen molar-refractivity contribution in [1.82, 2.24) is 0 Å².